The van der Waals surface area contributed by atoms with E-state index in [2.05, 4.69) is 45.6 Å². The maximum atomic E-state index is 13.3. The minimum atomic E-state index is 0.00311. The minimum absolute atomic E-state index is 0.00311. The molecule has 0 N–H and O–H groups in total. The van der Waals surface area contributed by atoms with Crippen LogP contribution < -0.4 is 9.47 Å². The molecule has 3 heterocycles. The summed E-state index contributed by atoms with van der Waals surface area (Å²) in [6, 6.07) is 16.4. The van der Waals surface area contributed by atoms with Gasteiger partial charge in [0.2, 0.25) is 5.91 Å². The first-order valence-electron chi connectivity index (χ1n) is 11.2. The molecule has 0 bridgehead atoms. The second-order valence-corrected chi connectivity index (χ2v) is 10.5. The van der Waals surface area contributed by atoms with Crippen molar-refractivity contribution in [2.75, 3.05) is 34.4 Å². The van der Waals surface area contributed by atoms with Crippen LogP contribution in [-0.4, -0.2) is 55.0 Å². The lowest BCUT2D eigenvalue weighted by Crippen LogP contribution is -2.43. The summed E-state index contributed by atoms with van der Waals surface area (Å²) < 4.78 is 12.3. The summed E-state index contributed by atoms with van der Waals surface area (Å²) in [6.45, 7) is 1.65. The van der Waals surface area contributed by atoms with Gasteiger partial charge in [0.05, 0.1) is 43.6 Å². The number of carbonyl (C=O) groups is 1. The molecule has 0 saturated carbocycles. The maximum absolute atomic E-state index is 13.3. The number of methoxy groups -OCH3 is 2. The number of likely N-dealkylation sites (N-methyl/N-ethyl adjacent to an activating group) is 1. The van der Waals surface area contributed by atoms with Gasteiger partial charge in [-0.15, -0.1) is 22.7 Å². The molecule has 6 nitrogen and oxygen atoms in total. The molecule has 1 unspecified atom stereocenters. The van der Waals surface area contributed by atoms with Crippen LogP contribution in [0.15, 0.2) is 53.9 Å². The van der Waals surface area contributed by atoms with Gasteiger partial charge in [-0.1, -0.05) is 18.2 Å². The van der Waals surface area contributed by atoms with Crippen LogP contribution in [0.1, 0.15) is 27.1 Å². The number of ether oxygens (including phenoxy) is 2. The van der Waals surface area contributed by atoms with Crippen LogP contribution in [0.3, 0.4) is 0 Å². The lowest BCUT2D eigenvalue weighted by atomic mass is 9.91. The van der Waals surface area contributed by atoms with E-state index in [-0.39, 0.29) is 11.9 Å². The summed E-state index contributed by atoms with van der Waals surface area (Å²) in [5.74, 6) is 1.54. The standard InChI is InChI=1S/C26H27N3O3S2/c1-28(15-24-27-19-7-4-5-8-22(19)34-24)25(30)16-29-11-10-17-13-20(31-2)21(32-3)14-18(17)26(29)23-9-6-12-33-23/h4-9,12-14,26H,10-11,15-16H2,1-3H3. The highest BCUT2D eigenvalue weighted by Gasteiger charge is 2.32. The molecule has 2 aromatic heterocycles. The number of fused-ring (bicyclic) bond motifs is 2. The van der Waals surface area contributed by atoms with E-state index in [0.717, 1.165) is 33.9 Å². The summed E-state index contributed by atoms with van der Waals surface area (Å²) in [5.41, 5.74) is 3.40. The Morgan fingerprint density at radius 3 is 2.68 bits per heavy atom. The molecule has 1 atom stereocenters. The number of thiophene rings is 1. The zero-order valence-electron chi connectivity index (χ0n) is 19.5. The molecule has 0 saturated heterocycles. The van der Waals surface area contributed by atoms with Gasteiger partial charge in [-0.25, -0.2) is 4.98 Å². The molecule has 0 spiro atoms. The number of rotatable bonds is 7. The van der Waals surface area contributed by atoms with E-state index in [4.69, 9.17) is 9.47 Å². The van der Waals surface area contributed by atoms with E-state index >= 15 is 0 Å². The number of carbonyl (C=O) groups excluding carboxylic acids is 1. The van der Waals surface area contributed by atoms with Gasteiger partial charge >= 0.3 is 0 Å². The molecule has 2 aromatic carbocycles. The summed E-state index contributed by atoms with van der Waals surface area (Å²) >= 11 is 3.36. The zero-order valence-corrected chi connectivity index (χ0v) is 21.1. The fourth-order valence-electron chi connectivity index (χ4n) is 4.52. The van der Waals surface area contributed by atoms with Crippen molar-refractivity contribution in [3.8, 4) is 11.5 Å². The third-order valence-corrected chi connectivity index (χ3v) is 8.21. The van der Waals surface area contributed by atoms with Crippen molar-refractivity contribution in [3.63, 3.8) is 0 Å². The fraction of sp³-hybridized carbons (Fsp3) is 0.308. The second-order valence-electron chi connectivity index (χ2n) is 8.37. The van der Waals surface area contributed by atoms with Crippen LogP contribution in [0.5, 0.6) is 11.5 Å². The Morgan fingerprint density at radius 1 is 1.15 bits per heavy atom. The molecule has 176 valence electrons. The third kappa shape index (κ3) is 4.41. The Labute approximate surface area is 207 Å². The molecule has 0 aliphatic carbocycles. The van der Waals surface area contributed by atoms with Crippen LogP contribution in [-0.2, 0) is 17.8 Å². The van der Waals surface area contributed by atoms with Crippen LogP contribution >= 0.6 is 22.7 Å². The van der Waals surface area contributed by atoms with Gasteiger partial charge in [-0.3, -0.25) is 9.69 Å². The Kier molecular flexibility index (Phi) is 6.54. The van der Waals surface area contributed by atoms with E-state index in [0.29, 0.717) is 18.8 Å². The van der Waals surface area contributed by atoms with Gasteiger partial charge in [0.25, 0.3) is 0 Å². The monoisotopic (exact) mass is 493 g/mol. The Balaban J connectivity index is 1.38. The lowest BCUT2D eigenvalue weighted by molar-refractivity contribution is -0.132. The van der Waals surface area contributed by atoms with Crippen molar-refractivity contribution in [2.45, 2.75) is 19.0 Å². The van der Waals surface area contributed by atoms with Gasteiger partial charge in [-0.2, -0.15) is 0 Å². The number of hydrogen-bond donors (Lipinski definition) is 0. The van der Waals surface area contributed by atoms with Crippen LogP contribution in [0.2, 0.25) is 0 Å². The first-order valence-corrected chi connectivity index (χ1v) is 12.9. The normalized spacial score (nSPS) is 15.8. The topological polar surface area (TPSA) is 54.9 Å². The highest BCUT2D eigenvalue weighted by molar-refractivity contribution is 7.18. The lowest BCUT2D eigenvalue weighted by Gasteiger charge is -2.37. The van der Waals surface area contributed by atoms with Crippen molar-refractivity contribution < 1.29 is 14.3 Å². The summed E-state index contributed by atoms with van der Waals surface area (Å²) in [4.78, 5) is 23.3. The zero-order chi connectivity index (χ0) is 23.7. The second kappa shape index (κ2) is 9.74. The summed E-state index contributed by atoms with van der Waals surface area (Å²) in [6.07, 6.45) is 0.854. The quantitative estimate of drug-likeness (QED) is 0.363. The molecule has 8 heteroatoms. The van der Waals surface area contributed by atoms with Crippen molar-refractivity contribution in [3.05, 3.63) is 74.9 Å². The predicted molar refractivity (Wildman–Crippen MR) is 137 cm³/mol. The van der Waals surface area contributed by atoms with E-state index in [1.54, 1.807) is 41.8 Å². The Morgan fingerprint density at radius 2 is 1.94 bits per heavy atom. The minimum Gasteiger partial charge on any atom is -0.493 e. The molecular formula is C26H27N3O3S2. The van der Waals surface area contributed by atoms with Crippen molar-refractivity contribution >= 4 is 38.8 Å². The number of aromatic nitrogens is 1. The van der Waals surface area contributed by atoms with Crippen molar-refractivity contribution in [2.24, 2.45) is 0 Å². The molecule has 4 aromatic rings. The van der Waals surface area contributed by atoms with Gasteiger partial charge < -0.3 is 14.4 Å². The van der Waals surface area contributed by atoms with Crippen molar-refractivity contribution in [1.82, 2.24) is 14.8 Å². The maximum Gasteiger partial charge on any atom is 0.236 e. The fourth-order valence-corrected chi connectivity index (χ4v) is 6.42. The van der Waals surface area contributed by atoms with Crippen LogP contribution in [0.25, 0.3) is 10.2 Å². The molecule has 1 aliphatic rings. The average Bonchev–Trinajstić information content (AvgIpc) is 3.52. The number of hydrogen-bond acceptors (Lipinski definition) is 7. The number of para-hydroxylation sites is 1. The van der Waals surface area contributed by atoms with Crippen molar-refractivity contribution in [1.29, 1.82) is 0 Å². The summed E-state index contributed by atoms with van der Waals surface area (Å²) in [7, 11) is 5.18. The van der Waals surface area contributed by atoms with E-state index in [1.807, 2.05) is 25.2 Å². The number of amides is 1. The molecule has 34 heavy (non-hydrogen) atoms. The van der Waals surface area contributed by atoms with Crippen LogP contribution in [0, 0.1) is 0 Å². The third-order valence-electron chi connectivity index (χ3n) is 6.26. The molecule has 0 fully saturated rings. The Hall–Kier alpha value is -2.94. The number of nitrogens with zero attached hydrogens (tertiary/aromatic N) is 3. The van der Waals surface area contributed by atoms with Gasteiger partial charge in [0.1, 0.15) is 5.01 Å². The van der Waals surface area contributed by atoms with E-state index in [1.165, 1.54) is 16.0 Å². The SMILES string of the molecule is COc1cc2c(cc1OC)C(c1cccs1)N(CC(=O)N(C)Cc1nc3ccccc3s1)CC2. The molecule has 1 amide bonds. The Bertz CT molecular complexity index is 1270. The average molecular weight is 494 g/mol. The molecule has 1 aliphatic heterocycles. The first kappa shape index (κ1) is 22.8. The largest absolute Gasteiger partial charge is 0.493 e. The molecule has 5 rings (SSSR count). The number of benzene rings is 2. The predicted octanol–water partition coefficient (Wildman–Crippen LogP) is 4.98. The van der Waals surface area contributed by atoms with E-state index < -0.39 is 0 Å². The highest BCUT2D eigenvalue weighted by Crippen LogP contribution is 2.42. The van der Waals surface area contributed by atoms with Crippen LogP contribution in [0.4, 0.5) is 0 Å². The molecule has 0 radical (unpaired) electrons. The van der Waals surface area contributed by atoms with Gasteiger partial charge in [0.15, 0.2) is 11.5 Å². The van der Waals surface area contributed by atoms with E-state index in [9.17, 15) is 4.79 Å². The van der Waals surface area contributed by atoms with Gasteiger partial charge in [0, 0.05) is 18.5 Å². The van der Waals surface area contributed by atoms with Gasteiger partial charge in [-0.05, 0) is 53.3 Å². The smallest absolute Gasteiger partial charge is 0.236 e. The highest BCUT2D eigenvalue weighted by atomic mass is 32.1. The summed E-state index contributed by atoms with van der Waals surface area (Å²) in [5, 5.41) is 3.04. The molecular weight excluding hydrogens is 466 g/mol. The number of thiazole rings is 1. The first-order chi connectivity index (χ1) is 16.6.